The van der Waals surface area contributed by atoms with E-state index in [0.29, 0.717) is 13.2 Å². The third-order valence-electron chi connectivity index (χ3n) is 4.72. The van der Waals surface area contributed by atoms with Gasteiger partial charge in [0, 0.05) is 12.2 Å². The summed E-state index contributed by atoms with van der Waals surface area (Å²) in [7, 11) is 0. The van der Waals surface area contributed by atoms with Crippen molar-refractivity contribution in [2.75, 3.05) is 13.2 Å². The fourth-order valence-corrected chi connectivity index (χ4v) is 2.71. The van der Waals surface area contributed by atoms with Crippen LogP contribution in [0.1, 0.15) is 50.7 Å². The van der Waals surface area contributed by atoms with Gasteiger partial charge in [0.05, 0.1) is 13.2 Å². The van der Waals surface area contributed by atoms with Crippen LogP contribution in [-0.4, -0.2) is 25.2 Å². The number of rotatable bonds is 15. The second-order valence-electron chi connectivity index (χ2n) is 7.63. The van der Waals surface area contributed by atoms with Crippen molar-refractivity contribution in [3.05, 3.63) is 84.0 Å². The van der Waals surface area contributed by atoms with Crippen LogP contribution in [0.25, 0.3) is 0 Å². The Morgan fingerprint density at radius 2 is 1.03 bits per heavy atom. The molecule has 0 atom stereocenters. The van der Waals surface area contributed by atoms with E-state index in [1.165, 1.54) is 24.3 Å². The lowest BCUT2D eigenvalue weighted by molar-refractivity contribution is -0.140. The summed E-state index contributed by atoms with van der Waals surface area (Å²) in [6.07, 6.45) is 9.59. The molecule has 2 aromatic carbocycles. The average Bonchev–Trinajstić information content (AvgIpc) is 2.86. The number of esters is 2. The Morgan fingerprint density at radius 3 is 1.38 bits per heavy atom. The van der Waals surface area contributed by atoms with Gasteiger partial charge in [0.25, 0.3) is 0 Å². The minimum Gasteiger partial charge on any atom is -0.494 e. The Labute approximate surface area is 202 Å². The van der Waals surface area contributed by atoms with Crippen LogP contribution in [0.2, 0.25) is 0 Å². The summed E-state index contributed by atoms with van der Waals surface area (Å²) in [6, 6.07) is 14.9. The second-order valence-corrected chi connectivity index (χ2v) is 7.63. The van der Waals surface area contributed by atoms with Crippen LogP contribution in [0.4, 0.5) is 0 Å². The van der Waals surface area contributed by atoms with Gasteiger partial charge in [-0.3, -0.25) is 0 Å². The number of hydrogen-bond acceptors (Lipinski definition) is 6. The lowest BCUT2D eigenvalue weighted by Gasteiger charge is -2.07. The third-order valence-corrected chi connectivity index (χ3v) is 4.72. The maximum atomic E-state index is 11.8. The van der Waals surface area contributed by atoms with Crippen LogP contribution in [0.3, 0.4) is 0 Å². The maximum Gasteiger partial charge on any atom is 0.331 e. The van der Waals surface area contributed by atoms with Gasteiger partial charge in [-0.05, 0) is 48.2 Å². The summed E-state index contributed by atoms with van der Waals surface area (Å²) in [6.45, 7) is 5.93. The molecule has 182 valence electrons. The number of carbonyl (C=O) groups is 2. The SMILES string of the molecule is CCCCOc1ccc(COC(=O)/C=C\C=C\C(=O)OCc2ccc(OCCCC)cc2)cc1. The lowest BCUT2D eigenvalue weighted by Crippen LogP contribution is -2.02. The normalized spacial score (nSPS) is 11.0. The first-order valence-electron chi connectivity index (χ1n) is 11.7. The molecular weight excluding hydrogens is 432 g/mol. The predicted molar refractivity (Wildman–Crippen MR) is 132 cm³/mol. The highest BCUT2D eigenvalue weighted by atomic mass is 16.5. The highest BCUT2D eigenvalue weighted by Gasteiger charge is 2.01. The van der Waals surface area contributed by atoms with Crippen molar-refractivity contribution >= 4 is 11.9 Å². The molecule has 0 heterocycles. The third kappa shape index (κ3) is 11.4. The molecule has 0 aliphatic rings. The van der Waals surface area contributed by atoms with Crippen LogP contribution in [0.15, 0.2) is 72.8 Å². The van der Waals surface area contributed by atoms with Gasteiger partial charge in [0.1, 0.15) is 24.7 Å². The molecule has 34 heavy (non-hydrogen) atoms. The molecule has 0 aromatic heterocycles. The van der Waals surface area contributed by atoms with Crippen molar-refractivity contribution in [2.45, 2.75) is 52.7 Å². The van der Waals surface area contributed by atoms with E-state index >= 15 is 0 Å². The van der Waals surface area contributed by atoms with E-state index in [0.717, 1.165) is 48.3 Å². The second kappa shape index (κ2) is 16.1. The summed E-state index contributed by atoms with van der Waals surface area (Å²) in [5, 5.41) is 0. The molecule has 0 radical (unpaired) electrons. The summed E-state index contributed by atoms with van der Waals surface area (Å²) in [5.74, 6) is 0.604. The fraction of sp³-hybridized carbons (Fsp3) is 0.357. The fourth-order valence-electron chi connectivity index (χ4n) is 2.71. The zero-order valence-corrected chi connectivity index (χ0v) is 20.0. The first kappa shape index (κ1) is 26.7. The first-order chi connectivity index (χ1) is 16.6. The Kier molecular flexibility index (Phi) is 12.7. The van der Waals surface area contributed by atoms with Gasteiger partial charge in [-0.2, -0.15) is 0 Å². The molecule has 2 rings (SSSR count). The quantitative estimate of drug-likeness (QED) is 0.140. The molecule has 0 saturated heterocycles. The summed E-state index contributed by atoms with van der Waals surface area (Å²) < 4.78 is 21.6. The van der Waals surface area contributed by atoms with E-state index in [-0.39, 0.29) is 13.2 Å². The molecule has 0 fully saturated rings. The molecule has 0 spiro atoms. The topological polar surface area (TPSA) is 71.1 Å². The molecule has 0 saturated carbocycles. The molecule has 6 nitrogen and oxygen atoms in total. The highest BCUT2D eigenvalue weighted by molar-refractivity contribution is 5.84. The van der Waals surface area contributed by atoms with Gasteiger partial charge in [0.15, 0.2) is 0 Å². The van der Waals surface area contributed by atoms with E-state index < -0.39 is 11.9 Å². The minimum atomic E-state index is -0.498. The van der Waals surface area contributed by atoms with Crippen molar-refractivity contribution in [1.29, 1.82) is 0 Å². The molecule has 0 N–H and O–H groups in total. The van der Waals surface area contributed by atoms with Gasteiger partial charge in [-0.15, -0.1) is 0 Å². The number of allylic oxidation sites excluding steroid dienone is 2. The van der Waals surface area contributed by atoms with E-state index in [1.54, 1.807) is 0 Å². The number of unbranched alkanes of at least 4 members (excludes halogenated alkanes) is 2. The van der Waals surface area contributed by atoms with Gasteiger partial charge >= 0.3 is 11.9 Å². The predicted octanol–water partition coefficient (Wildman–Crippen LogP) is 5.94. The zero-order chi connectivity index (χ0) is 24.4. The number of hydrogen-bond donors (Lipinski definition) is 0. The van der Waals surface area contributed by atoms with Crippen LogP contribution >= 0.6 is 0 Å². The average molecular weight is 467 g/mol. The van der Waals surface area contributed by atoms with Crippen LogP contribution in [0, 0.1) is 0 Å². The van der Waals surface area contributed by atoms with Crippen molar-refractivity contribution in [1.82, 2.24) is 0 Å². The highest BCUT2D eigenvalue weighted by Crippen LogP contribution is 2.14. The molecule has 2 aromatic rings. The molecule has 0 amide bonds. The molecule has 6 heteroatoms. The Hall–Kier alpha value is -3.54. The van der Waals surface area contributed by atoms with Crippen LogP contribution in [-0.2, 0) is 32.3 Å². The summed E-state index contributed by atoms with van der Waals surface area (Å²) in [4.78, 5) is 23.7. The molecule has 0 aliphatic carbocycles. The maximum absolute atomic E-state index is 11.8. The monoisotopic (exact) mass is 466 g/mol. The van der Waals surface area contributed by atoms with E-state index in [9.17, 15) is 9.59 Å². The summed E-state index contributed by atoms with van der Waals surface area (Å²) >= 11 is 0. The summed E-state index contributed by atoms with van der Waals surface area (Å²) in [5.41, 5.74) is 1.73. The van der Waals surface area contributed by atoms with Crippen molar-refractivity contribution in [3.8, 4) is 11.5 Å². The standard InChI is InChI=1S/C28H34O6/c1-3-5-19-31-25-15-11-23(12-16-25)21-33-27(29)9-7-8-10-28(30)34-22-24-13-17-26(18-14-24)32-20-6-4-2/h7-18H,3-6,19-22H2,1-2H3/b9-7-,10-8+. The Bertz CT molecular complexity index is 835. The van der Waals surface area contributed by atoms with Crippen molar-refractivity contribution < 1.29 is 28.5 Å². The number of benzene rings is 2. The van der Waals surface area contributed by atoms with Gasteiger partial charge in [-0.1, -0.05) is 63.1 Å². The zero-order valence-electron chi connectivity index (χ0n) is 20.0. The first-order valence-corrected chi connectivity index (χ1v) is 11.7. The van der Waals surface area contributed by atoms with Crippen molar-refractivity contribution in [3.63, 3.8) is 0 Å². The molecule has 0 bridgehead atoms. The van der Waals surface area contributed by atoms with Crippen LogP contribution < -0.4 is 9.47 Å². The number of ether oxygens (including phenoxy) is 4. The molecule has 0 aliphatic heterocycles. The largest absolute Gasteiger partial charge is 0.494 e. The van der Waals surface area contributed by atoms with Gasteiger partial charge in [0.2, 0.25) is 0 Å². The minimum absolute atomic E-state index is 0.159. The lowest BCUT2D eigenvalue weighted by atomic mass is 10.2. The van der Waals surface area contributed by atoms with E-state index in [2.05, 4.69) is 13.8 Å². The number of carbonyl (C=O) groups excluding carboxylic acids is 2. The van der Waals surface area contributed by atoms with Crippen LogP contribution in [0.5, 0.6) is 11.5 Å². The van der Waals surface area contributed by atoms with Gasteiger partial charge in [-0.25, -0.2) is 9.59 Å². The van der Waals surface area contributed by atoms with E-state index in [4.69, 9.17) is 18.9 Å². The van der Waals surface area contributed by atoms with Crippen molar-refractivity contribution in [2.24, 2.45) is 0 Å². The molecule has 0 unspecified atom stereocenters. The van der Waals surface area contributed by atoms with E-state index in [1.807, 2.05) is 48.5 Å². The Morgan fingerprint density at radius 1 is 0.647 bits per heavy atom. The van der Waals surface area contributed by atoms with Gasteiger partial charge < -0.3 is 18.9 Å². The Balaban J connectivity index is 1.64. The smallest absolute Gasteiger partial charge is 0.331 e. The molecular formula is C28H34O6.